The van der Waals surface area contributed by atoms with Gasteiger partial charge in [-0.2, -0.15) is 0 Å². The summed E-state index contributed by atoms with van der Waals surface area (Å²) in [5.41, 5.74) is 0.693. The van der Waals surface area contributed by atoms with Crippen LogP contribution < -0.4 is 14.8 Å². The fourth-order valence-corrected chi connectivity index (χ4v) is 1.99. The highest BCUT2D eigenvalue weighted by atomic mass is 16.6. The van der Waals surface area contributed by atoms with Gasteiger partial charge in [0.25, 0.3) is 5.69 Å². The number of nitrogens with one attached hydrogen (secondary N) is 1. The van der Waals surface area contributed by atoms with Gasteiger partial charge in [-0.3, -0.25) is 10.1 Å². The second kappa shape index (κ2) is 6.94. The molecule has 0 aliphatic heterocycles. The van der Waals surface area contributed by atoms with Gasteiger partial charge in [-0.05, 0) is 26.0 Å². The van der Waals surface area contributed by atoms with Crippen LogP contribution in [0.2, 0.25) is 0 Å². The third-order valence-electron chi connectivity index (χ3n) is 2.86. The molecule has 1 N–H and O–H groups in total. The van der Waals surface area contributed by atoms with Crippen molar-refractivity contribution in [3.05, 3.63) is 27.8 Å². The number of benzene rings is 1. The Morgan fingerprint density at radius 1 is 1.32 bits per heavy atom. The van der Waals surface area contributed by atoms with Crippen molar-refractivity contribution < 1.29 is 14.4 Å². The van der Waals surface area contributed by atoms with Crippen molar-refractivity contribution in [1.82, 2.24) is 5.32 Å². The average molecular weight is 268 g/mol. The minimum absolute atomic E-state index is 0.0578. The molecule has 6 nitrogen and oxygen atoms in total. The zero-order valence-electron chi connectivity index (χ0n) is 11.7. The maximum Gasteiger partial charge on any atom is 0.276 e. The summed E-state index contributed by atoms with van der Waals surface area (Å²) < 4.78 is 10.3. The van der Waals surface area contributed by atoms with E-state index in [0.29, 0.717) is 23.5 Å². The first-order valence-corrected chi connectivity index (χ1v) is 6.16. The van der Waals surface area contributed by atoms with Crippen LogP contribution in [0.3, 0.4) is 0 Å². The Hall–Kier alpha value is -1.82. The molecule has 0 bridgehead atoms. The molecule has 0 aliphatic rings. The van der Waals surface area contributed by atoms with Crippen molar-refractivity contribution in [3.8, 4) is 11.5 Å². The van der Waals surface area contributed by atoms with Gasteiger partial charge in [0.1, 0.15) is 0 Å². The molecule has 0 saturated heterocycles. The molecule has 0 radical (unpaired) electrons. The highest BCUT2D eigenvalue weighted by Gasteiger charge is 2.20. The third-order valence-corrected chi connectivity index (χ3v) is 2.86. The van der Waals surface area contributed by atoms with Gasteiger partial charge in [-0.25, -0.2) is 0 Å². The molecule has 0 aromatic heterocycles. The summed E-state index contributed by atoms with van der Waals surface area (Å²) in [4.78, 5) is 10.7. The first-order chi connectivity index (χ1) is 9.03. The van der Waals surface area contributed by atoms with Crippen LogP contribution in [0.25, 0.3) is 0 Å². The van der Waals surface area contributed by atoms with E-state index in [9.17, 15) is 10.1 Å². The van der Waals surface area contributed by atoms with E-state index in [1.54, 1.807) is 6.07 Å². The Morgan fingerprint density at radius 2 is 1.89 bits per heavy atom. The minimum atomic E-state index is -0.393. The van der Waals surface area contributed by atoms with Crippen LogP contribution >= 0.6 is 0 Å². The number of hydrogen-bond donors (Lipinski definition) is 1. The number of methoxy groups -OCH3 is 2. The van der Waals surface area contributed by atoms with Gasteiger partial charge in [0.15, 0.2) is 11.5 Å². The van der Waals surface area contributed by atoms with Crippen molar-refractivity contribution in [2.75, 3.05) is 20.8 Å². The van der Waals surface area contributed by atoms with Crippen LogP contribution in [-0.2, 0) is 6.42 Å². The predicted molar refractivity (Wildman–Crippen MR) is 73.0 cm³/mol. The Bertz CT molecular complexity index is 449. The van der Waals surface area contributed by atoms with Gasteiger partial charge >= 0.3 is 0 Å². The molecule has 1 aromatic rings. The summed E-state index contributed by atoms with van der Waals surface area (Å²) in [6.07, 6.45) is 0.560. The van der Waals surface area contributed by atoms with Crippen LogP contribution in [-0.4, -0.2) is 31.7 Å². The molecule has 1 unspecified atom stereocenters. The van der Waals surface area contributed by atoms with E-state index >= 15 is 0 Å². The molecule has 1 aromatic carbocycles. The number of nitro groups is 1. The molecule has 1 atom stereocenters. The molecule has 0 fully saturated rings. The largest absolute Gasteiger partial charge is 0.493 e. The van der Waals surface area contributed by atoms with E-state index in [1.807, 2.05) is 13.8 Å². The lowest BCUT2D eigenvalue weighted by Crippen LogP contribution is -2.27. The second-order valence-corrected chi connectivity index (χ2v) is 4.26. The summed E-state index contributed by atoms with van der Waals surface area (Å²) in [6.45, 7) is 4.81. The summed E-state index contributed by atoms with van der Waals surface area (Å²) in [5.74, 6) is 0.876. The van der Waals surface area contributed by atoms with E-state index < -0.39 is 4.92 Å². The summed E-state index contributed by atoms with van der Waals surface area (Å²) in [7, 11) is 2.98. The van der Waals surface area contributed by atoms with Crippen LogP contribution in [0.5, 0.6) is 11.5 Å². The van der Waals surface area contributed by atoms with Crippen molar-refractivity contribution in [3.63, 3.8) is 0 Å². The Morgan fingerprint density at radius 3 is 2.37 bits per heavy atom. The molecule has 1 rings (SSSR count). The summed E-state index contributed by atoms with van der Waals surface area (Å²) in [5, 5.41) is 14.3. The summed E-state index contributed by atoms with van der Waals surface area (Å²) >= 11 is 0. The van der Waals surface area contributed by atoms with Gasteiger partial charge in [0.05, 0.1) is 25.2 Å². The number of ether oxygens (including phenoxy) is 2. The highest BCUT2D eigenvalue weighted by Crippen LogP contribution is 2.34. The van der Waals surface area contributed by atoms with Crippen LogP contribution in [0.1, 0.15) is 19.4 Å². The molecule has 0 heterocycles. The highest BCUT2D eigenvalue weighted by molar-refractivity contribution is 5.54. The first-order valence-electron chi connectivity index (χ1n) is 6.16. The molecule has 0 aliphatic carbocycles. The fourth-order valence-electron chi connectivity index (χ4n) is 1.99. The molecule has 0 spiro atoms. The fraction of sp³-hybridized carbons (Fsp3) is 0.538. The lowest BCUT2D eigenvalue weighted by molar-refractivity contribution is -0.385. The van der Waals surface area contributed by atoms with Crippen molar-refractivity contribution in [2.24, 2.45) is 0 Å². The standard InChI is InChI=1S/C13H20N2O4/c1-5-14-9(2)6-10-7-12(18-3)13(19-4)8-11(10)15(16)17/h7-9,14H,5-6H2,1-4H3. The third kappa shape index (κ3) is 3.82. The first kappa shape index (κ1) is 15.2. The molecular formula is C13H20N2O4. The summed E-state index contributed by atoms with van der Waals surface area (Å²) in [6, 6.07) is 3.24. The number of nitrogens with zero attached hydrogens (tertiary/aromatic N) is 1. The lowest BCUT2D eigenvalue weighted by atomic mass is 10.0. The van der Waals surface area contributed by atoms with Crippen LogP contribution in [0.15, 0.2) is 12.1 Å². The molecule has 19 heavy (non-hydrogen) atoms. The topological polar surface area (TPSA) is 73.6 Å². The Kier molecular flexibility index (Phi) is 5.57. The van der Waals surface area contributed by atoms with Crippen molar-refractivity contribution in [2.45, 2.75) is 26.3 Å². The predicted octanol–water partition coefficient (Wildman–Crippen LogP) is 2.15. The number of hydrogen-bond acceptors (Lipinski definition) is 5. The number of rotatable bonds is 7. The van der Waals surface area contributed by atoms with Gasteiger partial charge in [0, 0.05) is 11.6 Å². The van der Waals surface area contributed by atoms with E-state index in [2.05, 4.69) is 5.32 Å². The van der Waals surface area contributed by atoms with E-state index in [-0.39, 0.29) is 11.7 Å². The van der Waals surface area contributed by atoms with Crippen LogP contribution in [0, 0.1) is 10.1 Å². The molecule has 6 heteroatoms. The maximum atomic E-state index is 11.1. The van der Waals surface area contributed by atoms with Crippen LogP contribution in [0.4, 0.5) is 5.69 Å². The average Bonchev–Trinajstić information content (AvgIpc) is 2.38. The van der Waals surface area contributed by atoms with E-state index in [0.717, 1.165) is 6.54 Å². The Balaban J connectivity index is 3.16. The smallest absolute Gasteiger partial charge is 0.276 e. The number of likely N-dealkylation sites (N-methyl/N-ethyl adjacent to an activating group) is 1. The molecular weight excluding hydrogens is 248 g/mol. The van der Waals surface area contributed by atoms with Gasteiger partial charge in [-0.15, -0.1) is 0 Å². The van der Waals surface area contributed by atoms with Crippen molar-refractivity contribution >= 4 is 5.69 Å². The van der Waals surface area contributed by atoms with Gasteiger partial charge < -0.3 is 14.8 Å². The molecule has 0 saturated carbocycles. The van der Waals surface area contributed by atoms with Gasteiger partial charge in [-0.1, -0.05) is 6.92 Å². The van der Waals surface area contributed by atoms with Gasteiger partial charge in [0.2, 0.25) is 0 Å². The zero-order valence-corrected chi connectivity index (χ0v) is 11.7. The second-order valence-electron chi connectivity index (χ2n) is 4.26. The normalized spacial score (nSPS) is 12.0. The zero-order chi connectivity index (χ0) is 14.4. The molecule has 106 valence electrons. The minimum Gasteiger partial charge on any atom is -0.493 e. The van der Waals surface area contributed by atoms with Crippen molar-refractivity contribution in [1.29, 1.82) is 0 Å². The SMILES string of the molecule is CCNC(C)Cc1cc(OC)c(OC)cc1[N+](=O)[O-]. The van der Waals surface area contributed by atoms with E-state index in [4.69, 9.17) is 9.47 Å². The maximum absolute atomic E-state index is 11.1. The van der Waals surface area contributed by atoms with E-state index in [1.165, 1.54) is 20.3 Å². The Labute approximate surface area is 112 Å². The molecule has 0 amide bonds. The number of nitro benzene ring substituents is 1. The lowest BCUT2D eigenvalue weighted by Gasteiger charge is -2.14. The quantitative estimate of drug-likeness (QED) is 0.606. The monoisotopic (exact) mass is 268 g/mol.